The standard InChI is InChI=1S/C23H21ClN2O4/c1-26(2)23(28)20(25-22(27)15-7-9-18(29-3)10-8-15)14-19-11-12-21(30-19)16-5-4-6-17(24)13-16/h4-14H,1-3H3,(H,25,27)/b20-14+. The lowest BCUT2D eigenvalue weighted by Gasteiger charge is -2.14. The van der Waals surface area contributed by atoms with Gasteiger partial charge >= 0.3 is 0 Å². The van der Waals surface area contributed by atoms with Crippen molar-refractivity contribution in [1.29, 1.82) is 0 Å². The van der Waals surface area contributed by atoms with Crippen LogP contribution >= 0.6 is 11.6 Å². The number of likely N-dealkylation sites (N-methyl/N-ethyl adjacent to an activating group) is 1. The minimum atomic E-state index is -0.416. The molecule has 0 aliphatic carbocycles. The number of carbonyl (C=O) groups is 2. The highest BCUT2D eigenvalue weighted by molar-refractivity contribution is 6.30. The summed E-state index contributed by atoms with van der Waals surface area (Å²) < 4.78 is 10.9. The number of benzene rings is 2. The monoisotopic (exact) mass is 424 g/mol. The molecule has 154 valence electrons. The Bertz CT molecular complexity index is 1080. The number of methoxy groups -OCH3 is 1. The predicted octanol–water partition coefficient (Wildman–Crippen LogP) is 4.47. The summed E-state index contributed by atoms with van der Waals surface area (Å²) in [6.07, 6.45) is 1.50. The van der Waals surface area contributed by atoms with Crippen molar-refractivity contribution < 1.29 is 18.7 Å². The molecule has 0 fully saturated rings. The maximum absolute atomic E-state index is 12.6. The Labute approximate surface area is 179 Å². The summed E-state index contributed by atoms with van der Waals surface area (Å²) in [6.45, 7) is 0. The number of furan rings is 1. The van der Waals surface area contributed by atoms with Gasteiger partial charge in [0.05, 0.1) is 7.11 Å². The Hall–Kier alpha value is -3.51. The SMILES string of the molecule is COc1ccc(C(=O)N/C(=C/c2ccc(-c3cccc(Cl)c3)o2)C(=O)N(C)C)cc1. The second-order valence-corrected chi connectivity index (χ2v) is 7.09. The van der Waals surface area contributed by atoms with Crippen molar-refractivity contribution in [3.63, 3.8) is 0 Å². The predicted molar refractivity (Wildman–Crippen MR) is 116 cm³/mol. The molecule has 0 aliphatic heterocycles. The number of ether oxygens (including phenoxy) is 1. The zero-order chi connectivity index (χ0) is 21.7. The van der Waals surface area contributed by atoms with Gasteiger partial charge in [0, 0.05) is 36.3 Å². The van der Waals surface area contributed by atoms with Gasteiger partial charge in [-0.05, 0) is 48.5 Å². The van der Waals surface area contributed by atoms with Crippen LogP contribution < -0.4 is 10.1 Å². The van der Waals surface area contributed by atoms with Crippen LogP contribution in [-0.2, 0) is 4.79 Å². The van der Waals surface area contributed by atoms with Crippen molar-refractivity contribution in [2.45, 2.75) is 0 Å². The van der Waals surface area contributed by atoms with Gasteiger partial charge in [-0.2, -0.15) is 0 Å². The molecule has 2 amide bonds. The molecule has 1 aromatic heterocycles. The Morgan fingerprint density at radius 1 is 1.07 bits per heavy atom. The van der Waals surface area contributed by atoms with Gasteiger partial charge in [0.1, 0.15) is 23.0 Å². The second kappa shape index (κ2) is 9.33. The molecule has 0 spiro atoms. The summed E-state index contributed by atoms with van der Waals surface area (Å²) in [5.41, 5.74) is 1.30. The van der Waals surface area contributed by atoms with Gasteiger partial charge in [-0.3, -0.25) is 9.59 Å². The molecule has 1 heterocycles. The number of halogens is 1. The summed E-state index contributed by atoms with van der Waals surface area (Å²) in [4.78, 5) is 26.6. The van der Waals surface area contributed by atoms with E-state index in [0.29, 0.717) is 27.9 Å². The minimum Gasteiger partial charge on any atom is -0.497 e. The average Bonchev–Trinajstić information content (AvgIpc) is 3.21. The van der Waals surface area contributed by atoms with Crippen LogP contribution in [0.5, 0.6) is 5.75 Å². The van der Waals surface area contributed by atoms with Crippen LogP contribution in [0.25, 0.3) is 17.4 Å². The molecule has 2 aromatic carbocycles. The third kappa shape index (κ3) is 5.10. The molecule has 0 unspecified atom stereocenters. The molecule has 1 N–H and O–H groups in total. The lowest BCUT2D eigenvalue weighted by Crippen LogP contribution is -2.34. The van der Waals surface area contributed by atoms with Crippen molar-refractivity contribution in [3.05, 3.63) is 82.7 Å². The number of rotatable bonds is 6. The maximum Gasteiger partial charge on any atom is 0.269 e. The largest absolute Gasteiger partial charge is 0.497 e. The number of nitrogens with one attached hydrogen (secondary N) is 1. The number of amides is 2. The highest BCUT2D eigenvalue weighted by Gasteiger charge is 2.17. The maximum atomic E-state index is 12.6. The lowest BCUT2D eigenvalue weighted by atomic mass is 10.2. The normalized spacial score (nSPS) is 11.1. The van der Waals surface area contributed by atoms with Gasteiger partial charge in [0.15, 0.2) is 0 Å². The van der Waals surface area contributed by atoms with Crippen LogP contribution in [0.2, 0.25) is 5.02 Å². The molecule has 0 bridgehead atoms. The summed E-state index contributed by atoms with van der Waals surface area (Å²) >= 11 is 6.04. The fourth-order valence-corrected chi connectivity index (χ4v) is 2.89. The highest BCUT2D eigenvalue weighted by atomic mass is 35.5. The van der Waals surface area contributed by atoms with Crippen molar-refractivity contribution in [3.8, 4) is 17.1 Å². The first-order chi connectivity index (χ1) is 14.4. The molecule has 0 saturated carbocycles. The molecule has 3 aromatic rings. The molecule has 6 nitrogen and oxygen atoms in total. The van der Waals surface area contributed by atoms with E-state index in [9.17, 15) is 9.59 Å². The van der Waals surface area contributed by atoms with Crippen molar-refractivity contribution >= 4 is 29.5 Å². The number of hydrogen-bond donors (Lipinski definition) is 1. The van der Waals surface area contributed by atoms with Crippen LogP contribution in [0.1, 0.15) is 16.1 Å². The highest BCUT2D eigenvalue weighted by Crippen LogP contribution is 2.25. The molecule has 0 radical (unpaired) electrons. The van der Waals surface area contributed by atoms with Crippen LogP contribution in [0.15, 0.2) is 70.8 Å². The van der Waals surface area contributed by atoms with E-state index in [1.807, 2.05) is 12.1 Å². The first-order valence-electron chi connectivity index (χ1n) is 9.12. The van der Waals surface area contributed by atoms with Gasteiger partial charge in [-0.1, -0.05) is 23.7 Å². The summed E-state index contributed by atoms with van der Waals surface area (Å²) in [5, 5.41) is 3.26. The van der Waals surface area contributed by atoms with Gasteiger partial charge in [0.25, 0.3) is 11.8 Å². The van der Waals surface area contributed by atoms with Crippen LogP contribution in [0.3, 0.4) is 0 Å². The van der Waals surface area contributed by atoms with E-state index in [0.717, 1.165) is 5.56 Å². The summed E-state index contributed by atoms with van der Waals surface area (Å²) in [7, 11) is 4.76. The molecule has 7 heteroatoms. The minimum absolute atomic E-state index is 0.0906. The molecular weight excluding hydrogens is 404 g/mol. The second-order valence-electron chi connectivity index (χ2n) is 6.65. The number of hydrogen-bond acceptors (Lipinski definition) is 4. The third-order valence-corrected chi connectivity index (χ3v) is 4.49. The molecule has 0 aliphatic rings. The van der Waals surface area contributed by atoms with Crippen LogP contribution in [0.4, 0.5) is 0 Å². The fourth-order valence-electron chi connectivity index (χ4n) is 2.70. The van der Waals surface area contributed by atoms with E-state index in [4.69, 9.17) is 20.8 Å². The van der Waals surface area contributed by atoms with E-state index < -0.39 is 5.91 Å². The first kappa shape index (κ1) is 21.2. The quantitative estimate of drug-likeness (QED) is 0.593. The van der Waals surface area contributed by atoms with E-state index in [1.54, 1.807) is 69.7 Å². The Kier molecular flexibility index (Phi) is 6.59. The van der Waals surface area contributed by atoms with Crippen molar-refractivity contribution in [1.82, 2.24) is 10.2 Å². The molecular formula is C23H21ClN2O4. The summed E-state index contributed by atoms with van der Waals surface area (Å²) in [5.74, 6) is 0.876. The topological polar surface area (TPSA) is 71.8 Å². The van der Waals surface area contributed by atoms with Gasteiger partial charge in [0.2, 0.25) is 0 Å². The van der Waals surface area contributed by atoms with Crippen molar-refractivity contribution in [2.75, 3.05) is 21.2 Å². The van der Waals surface area contributed by atoms with Crippen molar-refractivity contribution in [2.24, 2.45) is 0 Å². The lowest BCUT2D eigenvalue weighted by molar-refractivity contribution is -0.124. The van der Waals surface area contributed by atoms with Gasteiger partial charge in [-0.15, -0.1) is 0 Å². The zero-order valence-corrected chi connectivity index (χ0v) is 17.6. The molecule has 3 rings (SSSR count). The summed E-state index contributed by atoms with van der Waals surface area (Å²) in [6, 6.07) is 17.3. The Balaban J connectivity index is 1.87. The van der Waals surface area contributed by atoms with Gasteiger partial charge < -0.3 is 19.4 Å². The van der Waals surface area contributed by atoms with E-state index in [2.05, 4.69) is 5.32 Å². The van der Waals surface area contributed by atoms with Crippen LogP contribution in [0, 0.1) is 0 Å². The van der Waals surface area contributed by atoms with E-state index >= 15 is 0 Å². The smallest absolute Gasteiger partial charge is 0.269 e. The molecule has 0 atom stereocenters. The number of nitrogens with zero attached hydrogens (tertiary/aromatic N) is 1. The first-order valence-corrected chi connectivity index (χ1v) is 9.49. The molecule has 30 heavy (non-hydrogen) atoms. The fraction of sp³-hybridized carbons (Fsp3) is 0.130. The molecule has 0 saturated heterocycles. The van der Waals surface area contributed by atoms with E-state index in [-0.39, 0.29) is 11.6 Å². The third-order valence-electron chi connectivity index (χ3n) is 4.26. The number of carbonyl (C=O) groups excluding carboxylic acids is 2. The van der Waals surface area contributed by atoms with Gasteiger partial charge in [-0.25, -0.2) is 0 Å². The van der Waals surface area contributed by atoms with E-state index in [1.165, 1.54) is 11.0 Å². The average molecular weight is 425 g/mol. The Morgan fingerprint density at radius 2 is 1.80 bits per heavy atom. The van der Waals surface area contributed by atoms with Crippen LogP contribution in [-0.4, -0.2) is 37.9 Å². The Morgan fingerprint density at radius 3 is 2.43 bits per heavy atom. The zero-order valence-electron chi connectivity index (χ0n) is 16.8.